The zero-order valence-corrected chi connectivity index (χ0v) is 20.9. The number of carboxylic acids is 1. The molecule has 5 rings (SSSR count). The zero-order valence-electron chi connectivity index (χ0n) is 20.1. The summed E-state index contributed by atoms with van der Waals surface area (Å²) in [5.74, 6) is 0.614. The zero-order chi connectivity index (χ0) is 25.1. The standard InChI is InChI=1S/C29H26N2O4S/c1-19-25(15-28(32)33)26-14-24(35-17-22-18-36-29(30-22)21-8-4-3-5-9-21)11-12-27(26)31(19)16-20-7-6-10-23(13-20)34-2/h3-14,18H,15-17H2,1-2H3,(H,32,33). The number of hydrogen-bond acceptors (Lipinski definition) is 5. The molecule has 182 valence electrons. The Labute approximate surface area is 213 Å². The van der Waals surface area contributed by atoms with Crippen LogP contribution in [0.2, 0.25) is 0 Å². The lowest BCUT2D eigenvalue weighted by molar-refractivity contribution is -0.136. The molecule has 0 unspecified atom stereocenters. The molecular formula is C29H26N2O4S. The smallest absolute Gasteiger partial charge is 0.307 e. The maximum absolute atomic E-state index is 11.7. The summed E-state index contributed by atoms with van der Waals surface area (Å²) in [6, 6.07) is 23.8. The van der Waals surface area contributed by atoms with Crippen molar-refractivity contribution in [2.75, 3.05) is 7.11 Å². The molecule has 36 heavy (non-hydrogen) atoms. The van der Waals surface area contributed by atoms with Crippen LogP contribution in [0.3, 0.4) is 0 Å². The molecule has 1 N–H and O–H groups in total. The third kappa shape index (κ3) is 4.97. The number of benzene rings is 3. The summed E-state index contributed by atoms with van der Waals surface area (Å²) in [5, 5.41) is 13.4. The van der Waals surface area contributed by atoms with Gasteiger partial charge in [-0.25, -0.2) is 4.98 Å². The fourth-order valence-corrected chi connectivity index (χ4v) is 5.21. The summed E-state index contributed by atoms with van der Waals surface area (Å²) in [5.41, 5.74) is 5.72. The van der Waals surface area contributed by atoms with Gasteiger partial charge in [-0.05, 0) is 48.4 Å². The van der Waals surface area contributed by atoms with Crippen LogP contribution in [0.25, 0.3) is 21.5 Å². The molecule has 6 nitrogen and oxygen atoms in total. The van der Waals surface area contributed by atoms with E-state index in [2.05, 4.69) is 4.57 Å². The minimum absolute atomic E-state index is 0.0522. The Morgan fingerprint density at radius 3 is 2.64 bits per heavy atom. The lowest BCUT2D eigenvalue weighted by Crippen LogP contribution is -2.05. The number of rotatable bonds is 9. The van der Waals surface area contributed by atoms with E-state index in [4.69, 9.17) is 14.5 Å². The average Bonchev–Trinajstić information content (AvgIpc) is 3.47. The molecule has 0 atom stereocenters. The van der Waals surface area contributed by atoms with Gasteiger partial charge in [0.15, 0.2) is 0 Å². The Hall–Kier alpha value is -4.10. The van der Waals surface area contributed by atoms with Gasteiger partial charge in [-0.2, -0.15) is 0 Å². The number of ether oxygens (including phenoxy) is 2. The summed E-state index contributed by atoms with van der Waals surface area (Å²) in [7, 11) is 1.65. The van der Waals surface area contributed by atoms with Crippen molar-refractivity contribution in [1.82, 2.24) is 9.55 Å². The van der Waals surface area contributed by atoms with Gasteiger partial charge in [-0.1, -0.05) is 42.5 Å². The van der Waals surface area contributed by atoms with Gasteiger partial charge in [-0.15, -0.1) is 11.3 Å². The van der Waals surface area contributed by atoms with Crippen molar-refractivity contribution in [3.05, 3.63) is 101 Å². The normalized spacial score (nSPS) is 11.1. The molecular weight excluding hydrogens is 472 g/mol. The SMILES string of the molecule is COc1cccc(Cn2c(C)c(CC(=O)O)c3cc(OCc4csc(-c5ccccc5)n4)ccc32)c1. The van der Waals surface area contributed by atoms with Gasteiger partial charge in [0.25, 0.3) is 0 Å². The molecule has 3 aromatic carbocycles. The molecule has 0 saturated heterocycles. The Bertz CT molecular complexity index is 1520. The molecule has 0 amide bonds. The van der Waals surface area contributed by atoms with Crippen LogP contribution < -0.4 is 9.47 Å². The van der Waals surface area contributed by atoms with Crippen molar-refractivity contribution in [1.29, 1.82) is 0 Å². The summed E-state index contributed by atoms with van der Waals surface area (Å²) < 4.78 is 13.6. The van der Waals surface area contributed by atoms with Crippen LogP contribution in [-0.4, -0.2) is 27.7 Å². The number of fused-ring (bicyclic) bond motifs is 1. The highest BCUT2D eigenvalue weighted by molar-refractivity contribution is 7.13. The molecule has 0 saturated carbocycles. The second-order valence-electron chi connectivity index (χ2n) is 8.55. The van der Waals surface area contributed by atoms with E-state index in [-0.39, 0.29) is 6.42 Å². The van der Waals surface area contributed by atoms with Crippen molar-refractivity contribution in [3.8, 4) is 22.1 Å². The van der Waals surface area contributed by atoms with Crippen molar-refractivity contribution in [3.63, 3.8) is 0 Å². The number of aromatic nitrogens is 2. The first-order chi connectivity index (χ1) is 17.5. The molecule has 5 aromatic rings. The van der Waals surface area contributed by atoms with Gasteiger partial charge in [0, 0.05) is 34.1 Å². The van der Waals surface area contributed by atoms with E-state index < -0.39 is 5.97 Å². The fourth-order valence-electron chi connectivity index (χ4n) is 4.40. The Morgan fingerprint density at radius 1 is 1.03 bits per heavy atom. The highest BCUT2D eigenvalue weighted by Gasteiger charge is 2.18. The van der Waals surface area contributed by atoms with Crippen LogP contribution in [0, 0.1) is 6.92 Å². The van der Waals surface area contributed by atoms with E-state index in [1.54, 1.807) is 18.4 Å². The minimum atomic E-state index is -0.860. The van der Waals surface area contributed by atoms with Crippen LogP contribution in [0.1, 0.15) is 22.5 Å². The molecule has 0 spiro atoms. The van der Waals surface area contributed by atoms with Gasteiger partial charge in [0.05, 0.1) is 19.2 Å². The molecule has 0 radical (unpaired) electrons. The average molecular weight is 499 g/mol. The van der Waals surface area contributed by atoms with Crippen molar-refractivity contribution >= 4 is 28.2 Å². The highest BCUT2D eigenvalue weighted by atomic mass is 32.1. The fraction of sp³-hybridized carbons (Fsp3) is 0.172. The summed E-state index contributed by atoms with van der Waals surface area (Å²) in [4.78, 5) is 16.4. The first-order valence-electron chi connectivity index (χ1n) is 11.6. The van der Waals surface area contributed by atoms with Crippen LogP contribution in [0.15, 0.2) is 78.2 Å². The Kier molecular flexibility index (Phi) is 6.73. The third-order valence-corrected chi connectivity index (χ3v) is 7.13. The number of thiazole rings is 1. The summed E-state index contributed by atoms with van der Waals surface area (Å²) in [6.45, 7) is 2.92. The van der Waals surface area contributed by atoms with E-state index in [0.717, 1.165) is 49.7 Å². The van der Waals surface area contributed by atoms with Gasteiger partial charge in [0.2, 0.25) is 0 Å². The van der Waals surface area contributed by atoms with E-state index in [1.807, 2.05) is 85.1 Å². The Balaban J connectivity index is 1.42. The van der Waals surface area contributed by atoms with E-state index in [9.17, 15) is 9.90 Å². The maximum Gasteiger partial charge on any atom is 0.307 e. The molecule has 0 aliphatic heterocycles. The quantitative estimate of drug-likeness (QED) is 0.257. The van der Waals surface area contributed by atoms with Crippen LogP contribution in [-0.2, 0) is 24.4 Å². The van der Waals surface area contributed by atoms with E-state index in [1.165, 1.54) is 0 Å². The first kappa shape index (κ1) is 23.6. The summed E-state index contributed by atoms with van der Waals surface area (Å²) >= 11 is 1.59. The van der Waals surface area contributed by atoms with Crippen LogP contribution >= 0.6 is 11.3 Å². The van der Waals surface area contributed by atoms with Crippen molar-refractivity contribution in [2.24, 2.45) is 0 Å². The van der Waals surface area contributed by atoms with Crippen LogP contribution in [0.4, 0.5) is 0 Å². The number of nitrogens with zero attached hydrogens (tertiary/aromatic N) is 2. The van der Waals surface area contributed by atoms with Crippen LogP contribution in [0.5, 0.6) is 11.5 Å². The lowest BCUT2D eigenvalue weighted by Gasteiger charge is -2.11. The van der Waals surface area contributed by atoms with Gasteiger partial charge >= 0.3 is 5.97 Å². The Morgan fingerprint density at radius 2 is 1.86 bits per heavy atom. The number of hydrogen-bond donors (Lipinski definition) is 1. The predicted octanol–water partition coefficient (Wildman–Crippen LogP) is 6.34. The number of methoxy groups -OCH3 is 1. The second-order valence-corrected chi connectivity index (χ2v) is 9.41. The number of aliphatic carboxylic acids is 1. The van der Waals surface area contributed by atoms with Crippen molar-refractivity contribution < 1.29 is 19.4 Å². The predicted molar refractivity (Wildman–Crippen MR) is 142 cm³/mol. The molecule has 7 heteroatoms. The van der Waals surface area contributed by atoms with E-state index >= 15 is 0 Å². The summed E-state index contributed by atoms with van der Waals surface area (Å²) in [6.07, 6.45) is -0.0522. The van der Waals surface area contributed by atoms with Gasteiger partial charge in [-0.3, -0.25) is 4.79 Å². The monoisotopic (exact) mass is 498 g/mol. The topological polar surface area (TPSA) is 73.6 Å². The second kappa shape index (κ2) is 10.3. The van der Waals surface area contributed by atoms with E-state index in [0.29, 0.717) is 18.9 Å². The first-order valence-corrected chi connectivity index (χ1v) is 12.5. The van der Waals surface area contributed by atoms with Gasteiger partial charge < -0.3 is 19.1 Å². The molecule has 0 fully saturated rings. The van der Waals surface area contributed by atoms with Gasteiger partial charge in [0.1, 0.15) is 23.1 Å². The molecule has 2 heterocycles. The molecule has 2 aromatic heterocycles. The molecule has 0 aliphatic rings. The minimum Gasteiger partial charge on any atom is -0.497 e. The third-order valence-electron chi connectivity index (χ3n) is 6.19. The highest BCUT2D eigenvalue weighted by Crippen LogP contribution is 2.32. The number of carboxylic acid groups (broad SMARTS) is 1. The van der Waals surface area contributed by atoms with Crippen molar-refractivity contribution in [2.45, 2.75) is 26.5 Å². The number of carbonyl (C=O) groups is 1. The molecule has 0 aliphatic carbocycles. The lowest BCUT2D eigenvalue weighted by atomic mass is 10.1. The largest absolute Gasteiger partial charge is 0.497 e. The molecule has 0 bridgehead atoms. The maximum atomic E-state index is 11.7.